The van der Waals surface area contributed by atoms with E-state index in [1.165, 1.54) is 4.31 Å². The molecule has 1 heterocycles. The van der Waals surface area contributed by atoms with Gasteiger partial charge in [-0.3, -0.25) is 13.9 Å². The summed E-state index contributed by atoms with van der Waals surface area (Å²) in [6, 6.07) is 18.9. The highest BCUT2D eigenvalue weighted by Crippen LogP contribution is 2.35. The third-order valence-electron chi connectivity index (χ3n) is 8.54. The third kappa shape index (κ3) is 9.55. The third-order valence-corrected chi connectivity index (χ3v) is 10.3. The molecule has 1 atom stereocenters. The number of carbonyl (C=O) groups is 2. The summed E-state index contributed by atoms with van der Waals surface area (Å²) in [6.07, 6.45) is 6.72. The number of hydrogen-bond donors (Lipinski definition) is 1. The van der Waals surface area contributed by atoms with Crippen LogP contribution < -0.4 is 19.1 Å². The molecule has 0 aromatic heterocycles. The summed E-state index contributed by atoms with van der Waals surface area (Å²) in [4.78, 5) is 29.8. The number of halogens is 2. The first-order chi connectivity index (χ1) is 22.6. The number of anilines is 1. The SMILES string of the molecule is CS(=O)(=O)N(CCCC(=O)N(Cc1ccc(Cl)cc1Cl)[C@@H](Cc1ccccc1)C(=O)NC1CCCCC1)c1ccc2c(c1)OCCO2. The van der Waals surface area contributed by atoms with Crippen LogP contribution in [-0.4, -0.2) is 63.2 Å². The Morgan fingerprint density at radius 2 is 1.66 bits per heavy atom. The highest BCUT2D eigenvalue weighted by molar-refractivity contribution is 7.92. The minimum absolute atomic E-state index is 0.00375. The summed E-state index contributed by atoms with van der Waals surface area (Å²) in [7, 11) is -3.69. The molecule has 5 rings (SSSR count). The van der Waals surface area contributed by atoms with Gasteiger partial charge in [-0.2, -0.15) is 0 Å². The summed E-state index contributed by atoms with van der Waals surface area (Å²) < 4.78 is 38.3. The van der Waals surface area contributed by atoms with Crippen LogP contribution in [0.3, 0.4) is 0 Å². The van der Waals surface area contributed by atoms with Crippen molar-refractivity contribution in [2.45, 2.75) is 70.0 Å². The van der Waals surface area contributed by atoms with Gasteiger partial charge in [-0.1, -0.05) is 78.9 Å². The van der Waals surface area contributed by atoms with Crippen molar-refractivity contribution in [1.82, 2.24) is 10.2 Å². The van der Waals surface area contributed by atoms with Crippen molar-refractivity contribution in [2.75, 3.05) is 30.3 Å². The van der Waals surface area contributed by atoms with Gasteiger partial charge in [0.15, 0.2) is 11.5 Å². The summed E-state index contributed by atoms with van der Waals surface area (Å²) in [6.45, 7) is 0.932. The normalized spacial score (nSPS) is 15.5. The lowest BCUT2D eigenvalue weighted by Crippen LogP contribution is -2.53. The second-order valence-corrected chi connectivity index (χ2v) is 14.8. The molecule has 2 amide bonds. The zero-order valence-electron chi connectivity index (χ0n) is 26.5. The number of benzene rings is 3. The number of hydrogen-bond acceptors (Lipinski definition) is 6. The zero-order valence-corrected chi connectivity index (χ0v) is 28.8. The molecule has 47 heavy (non-hydrogen) atoms. The summed E-state index contributed by atoms with van der Waals surface area (Å²) >= 11 is 12.7. The largest absolute Gasteiger partial charge is 0.486 e. The molecule has 12 heteroatoms. The molecule has 1 aliphatic carbocycles. The predicted molar refractivity (Wildman–Crippen MR) is 185 cm³/mol. The zero-order chi connectivity index (χ0) is 33.4. The molecule has 3 aromatic rings. The van der Waals surface area contributed by atoms with Crippen LogP contribution in [-0.2, 0) is 32.6 Å². The number of nitrogens with one attached hydrogen (secondary N) is 1. The van der Waals surface area contributed by atoms with Crippen LogP contribution in [0, 0.1) is 0 Å². The molecule has 1 N–H and O–H groups in total. The van der Waals surface area contributed by atoms with Gasteiger partial charge in [0.25, 0.3) is 0 Å². The molecular weight excluding hydrogens is 661 g/mol. The van der Waals surface area contributed by atoms with E-state index in [0.29, 0.717) is 52.4 Å². The molecule has 0 radical (unpaired) electrons. The number of ether oxygens (including phenoxy) is 2. The van der Waals surface area contributed by atoms with Crippen LogP contribution in [0.15, 0.2) is 66.7 Å². The molecule has 252 valence electrons. The molecule has 1 fully saturated rings. The lowest BCUT2D eigenvalue weighted by Gasteiger charge is -2.34. The summed E-state index contributed by atoms with van der Waals surface area (Å²) in [5.74, 6) is 0.521. The number of fused-ring (bicyclic) bond motifs is 1. The van der Waals surface area contributed by atoms with Crippen molar-refractivity contribution in [3.8, 4) is 11.5 Å². The Morgan fingerprint density at radius 3 is 2.36 bits per heavy atom. The van der Waals surface area contributed by atoms with E-state index < -0.39 is 16.1 Å². The first kappa shape index (κ1) is 34.9. The quantitative estimate of drug-likeness (QED) is 0.221. The molecule has 0 saturated heterocycles. The Morgan fingerprint density at radius 1 is 0.936 bits per heavy atom. The highest BCUT2D eigenvalue weighted by Gasteiger charge is 2.32. The second-order valence-electron chi connectivity index (χ2n) is 12.1. The van der Waals surface area contributed by atoms with Gasteiger partial charge < -0.3 is 19.7 Å². The van der Waals surface area contributed by atoms with Crippen LogP contribution in [0.4, 0.5) is 5.69 Å². The molecular formula is C35H41Cl2N3O6S. The van der Waals surface area contributed by atoms with Crippen LogP contribution in [0.5, 0.6) is 11.5 Å². The van der Waals surface area contributed by atoms with Crippen LogP contribution in [0.1, 0.15) is 56.1 Å². The molecule has 0 unspecified atom stereocenters. The maximum absolute atomic E-state index is 14.2. The van der Waals surface area contributed by atoms with Crippen molar-refractivity contribution in [1.29, 1.82) is 0 Å². The van der Waals surface area contributed by atoms with E-state index >= 15 is 0 Å². The Kier molecular flexibility index (Phi) is 11.9. The molecule has 9 nitrogen and oxygen atoms in total. The average Bonchev–Trinajstić information content (AvgIpc) is 3.05. The fourth-order valence-corrected chi connectivity index (χ4v) is 7.55. The second kappa shape index (κ2) is 16.1. The average molecular weight is 703 g/mol. The van der Waals surface area contributed by atoms with E-state index in [0.717, 1.165) is 43.9 Å². The number of sulfonamides is 1. The van der Waals surface area contributed by atoms with E-state index in [1.807, 2.05) is 30.3 Å². The standard InChI is InChI=1S/C35H41Cl2N3O6S/c1-47(43,44)40(29-16-17-32-33(23-29)46-20-19-45-32)18-8-13-34(41)39(24-26-14-15-27(36)22-30(26)37)31(21-25-9-4-2-5-10-25)35(42)38-28-11-6-3-7-12-28/h2,4-5,9-10,14-17,22-23,28,31H,3,6-8,11-13,18-21,24H2,1H3,(H,38,42)/t31-/m0/s1. The molecule has 2 aliphatic rings. The van der Waals surface area contributed by atoms with Gasteiger partial charge in [0, 0.05) is 48.1 Å². The minimum atomic E-state index is -3.69. The fraction of sp³-hybridized carbons (Fsp3) is 0.429. The topological polar surface area (TPSA) is 105 Å². The van der Waals surface area contributed by atoms with Gasteiger partial charge in [-0.15, -0.1) is 0 Å². The van der Waals surface area contributed by atoms with Gasteiger partial charge in [-0.05, 0) is 54.7 Å². The fourth-order valence-electron chi connectivity index (χ4n) is 6.12. The Hall–Kier alpha value is -3.47. The van der Waals surface area contributed by atoms with Gasteiger partial charge in [0.1, 0.15) is 19.3 Å². The molecule has 1 aliphatic heterocycles. The van der Waals surface area contributed by atoms with Crippen LogP contribution in [0.2, 0.25) is 10.0 Å². The van der Waals surface area contributed by atoms with Crippen molar-refractivity contribution >= 4 is 50.7 Å². The van der Waals surface area contributed by atoms with Crippen molar-refractivity contribution in [2.24, 2.45) is 0 Å². The molecule has 1 saturated carbocycles. The van der Waals surface area contributed by atoms with Gasteiger partial charge in [0.05, 0.1) is 11.9 Å². The van der Waals surface area contributed by atoms with Crippen molar-refractivity contribution < 1.29 is 27.5 Å². The van der Waals surface area contributed by atoms with Gasteiger partial charge >= 0.3 is 0 Å². The lowest BCUT2D eigenvalue weighted by atomic mass is 9.94. The number of amides is 2. The first-order valence-corrected chi connectivity index (χ1v) is 18.6. The van der Waals surface area contributed by atoms with Crippen LogP contribution in [0.25, 0.3) is 0 Å². The van der Waals surface area contributed by atoms with E-state index in [2.05, 4.69) is 5.32 Å². The minimum Gasteiger partial charge on any atom is -0.486 e. The molecule has 0 bridgehead atoms. The number of carbonyl (C=O) groups excluding carboxylic acids is 2. The molecule has 0 spiro atoms. The number of nitrogens with zero attached hydrogens (tertiary/aromatic N) is 2. The highest BCUT2D eigenvalue weighted by atomic mass is 35.5. The smallest absolute Gasteiger partial charge is 0.243 e. The molecule has 3 aromatic carbocycles. The maximum atomic E-state index is 14.2. The number of rotatable bonds is 13. The Balaban J connectivity index is 1.39. The summed E-state index contributed by atoms with van der Waals surface area (Å²) in [5, 5.41) is 4.09. The predicted octanol–water partition coefficient (Wildman–Crippen LogP) is 6.40. The van der Waals surface area contributed by atoms with E-state index in [4.69, 9.17) is 32.7 Å². The lowest BCUT2D eigenvalue weighted by molar-refractivity contribution is -0.141. The van der Waals surface area contributed by atoms with Gasteiger partial charge in [-0.25, -0.2) is 8.42 Å². The first-order valence-electron chi connectivity index (χ1n) is 16.0. The van der Waals surface area contributed by atoms with Crippen molar-refractivity contribution in [3.63, 3.8) is 0 Å². The van der Waals surface area contributed by atoms with Gasteiger partial charge in [0.2, 0.25) is 21.8 Å². The summed E-state index contributed by atoms with van der Waals surface area (Å²) in [5.41, 5.74) is 1.99. The van der Waals surface area contributed by atoms with Crippen LogP contribution >= 0.6 is 23.2 Å². The monoisotopic (exact) mass is 701 g/mol. The van der Waals surface area contributed by atoms with E-state index in [1.54, 1.807) is 41.3 Å². The Bertz CT molecular complexity index is 1650. The van der Waals surface area contributed by atoms with Crippen molar-refractivity contribution in [3.05, 3.63) is 87.9 Å². The maximum Gasteiger partial charge on any atom is 0.243 e. The van der Waals surface area contributed by atoms with E-state index in [9.17, 15) is 18.0 Å². The van der Waals surface area contributed by atoms with E-state index in [-0.39, 0.29) is 43.8 Å². The Labute approximate surface area is 287 Å².